The Labute approximate surface area is 186 Å². The molecule has 0 spiro atoms. The summed E-state index contributed by atoms with van der Waals surface area (Å²) in [6, 6.07) is 16.4. The van der Waals surface area contributed by atoms with Gasteiger partial charge in [-0.05, 0) is 29.7 Å². The van der Waals surface area contributed by atoms with Crippen molar-refractivity contribution in [2.24, 2.45) is 0 Å². The van der Waals surface area contributed by atoms with Crippen LogP contribution in [0.3, 0.4) is 0 Å². The molecule has 0 saturated carbocycles. The Hall–Kier alpha value is -3.81. The van der Waals surface area contributed by atoms with E-state index in [1.165, 1.54) is 5.56 Å². The van der Waals surface area contributed by atoms with Gasteiger partial charge in [0.25, 0.3) is 0 Å². The topological polar surface area (TPSA) is 88.2 Å². The zero-order valence-corrected chi connectivity index (χ0v) is 18.3. The molecule has 2 aromatic carbocycles. The summed E-state index contributed by atoms with van der Waals surface area (Å²) in [7, 11) is 3.32. The van der Waals surface area contributed by atoms with Crippen LogP contribution < -0.4 is 19.7 Å². The van der Waals surface area contributed by atoms with Crippen LogP contribution in [0.5, 0.6) is 11.5 Å². The average molecular weight is 431 g/mol. The quantitative estimate of drug-likeness (QED) is 0.442. The molecule has 8 nitrogen and oxygen atoms in total. The van der Waals surface area contributed by atoms with Crippen molar-refractivity contribution < 1.29 is 9.47 Å². The number of rotatable bonds is 8. The van der Waals surface area contributed by atoms with Crippen LogP contribution in [0.25, 0.3) is 11.0 Å². The van der Waals surface area contributed by atoms with E-state index in [2.05, 4.69) is 49.7 Å². The summed E-state index contributed by atoms with van der Waals surface area (Å²) in [6.07, 6.45) is 1.67. The van der Waals surface area contributed by atoms with E-state index in [0.29, 0.717) is 12.5 Å². The van der Waals surface area contributed by atoms with Crippen molar-refractivity contribution in [2.75, 3.05) is 37.5 Å². The van der Waals surface area contributed by atoms with Crippen LogP contribution in [0, 0.1) is 0 Å². The molecule has 164 valence electrons. The number of benzene rings is 2. The van der Waals surface area contributed by atoms with Crippen LogP contribution in [-0.4, -0.2) is 47.5 Å². The number of hydrogen-bond acceptors (Lipinski definition) is 7. The predicted molar refractivity (Wildman–Crippen MR) is 125 cm³/mol. The second-order valence-corrected chi connectivity index (χ2v) is 7.82. The molecule has 1 aliphatic rings. The Morgan fingerprint density at radius 2 is 1.78 bits per heavy atom. The van der Waals surface area contributed by atoms with Crippen molar-refractivity contribution in [1.29, 1.82) is 0 Å². The molecule has 0 aliphatic carbocycles. The highest BCUT2D eigenvalue weighted by Gasteiger charge is 2.24. The molecule has 1 aliphatic heterocycles. The first-order valence-corrected chi connectivity index (χ1v) is 10.7. The van der Waals surface area contributed by atoms with Crippen LogP contribution >= 0.6 is 0 Å². The highest BCUT2D eigenvalue weighted by Crippen LogP contribution is 2.32. The van der Waals surface area contributed by atoms with Gasteiger partial charge in [0.05, 0.1) is 25.3 Å². The van der Waals surface area contributed by atoms with E-state index in [9.17, 15) is 0 Å². The van der Waals surface area contributed by atoms with E-state index in [4.69, 9.17) is 14.5 Å². The molecule has 3 heterocycles. The van der Waals surface area contributed by atoms with Gasteiger partial charge in [-0.1, -0.05) is 30.3 Å². The average Bonchev–Trinajstić information content (AvgIpc) is 3.25. The van der Waals surface area contributed by atoms with Gasteiger partial charge in [-0.25, -0.2) is 0 Å². The number of hydrogen-bond donors (Lipinski definition) is 2. The Kier molecular flexibility index (Phi) is 5.49. The predicted octanol–water partition coefficient (Wildman–Crippen LogP) is 3.59. The molecule has 0 bridgehead atoms. The summed E-state index contributed by atoms with van der Waals surface area (Å²) >= 11 is 0. The minimum atomic E-state index is 0.595. The number of anilines is 2. The second kappa shape index (κ2) is 8.74. The van der Waals surface area contributed by atoms with E-state index in [1.807, 2.05) is 24.3 Å². The fraction of sp³-hybridized carbons (Fsp3) is 0.292. The Balaban J connectivity index is 1.36. The number of H-pyrrole nitrogens is 1. The third kappa shape index (κ3) is 4.03. The molecule has 8 heteroatoms. The highest BCUT2D eigenvalue weighted by atomic mass is 16.5. The van der Waals surface area contributed by atoms with E-state index in [1.54, 1.807) is 14.2 Å². The molecule has 2 N–H and O–H groups in total. The first-order valence-electron chi connectivity index (χ1n) is 10.7. The number of nitrogens with one attached hydrogen (secondary N) is 2. The Morgan fingerprint density at radius 1 is 1.00 bits per heavy atom. The van der Waals surface area contributed by atoms with Crippen LogP contribution in [0.4, 0.5) is 11.8 Å². The van der Waals surface area contributed by atoms with Gasteiger partial charge in [0, 0.05) is 32.1 Å². The molecule has 0 radical (unpaired) electrons. The van der Waals surface area contributed by atoms with Crippen molar-refractivity contribution in [3.05, 3.63) is 65.4 Å². The van der Waals surface area contributed by atoms with Gasteiger partial charge in [-0.3, -0.25) is 5.10 Å². The molecule has 0 saturated heterocycles. The molecule has 0 fully saturated rings. The third-order valence-electron chi connectivity index (χ3n) is 5.72. The molecular formula is C24H26N6O2. The molecule has 2 aromatic heterocycles. The lowest BCUT2D eigenvalue weighted by Crippen LogP contribution is -2.29. The summed E-state index contributed by atoms with van der Waals surface area (Å²) in [6.45, 7) is 2.36. The number of aromatic nitrogens is 4. The van der Waals surface area contributed by atoms with Gasteiger partial charge < -0.3 is 19.7 Å². The molecule has 0 unspecified atom stereocenters. The van der Waals surface area contributed by atoms with E-state index >= 15 is 0 Å². The van der Waals surface area contributed by atoms with Crippen molar-refractivity contribution in [3.63, 3.8) is 0 Å². The van der Waals surface area contributed by atoms with E-state index < -0.39 is 0 Å². The largest absolute Gasteiger partial charge is 0.497 e. The first-order chi connectivity index (χ1) is 15.7. The molecular weight excluding hydrogens is 404 g/mol. The van der Waals surface area contributed by atoms with Crippen molar-refractivity contribution in [3.8, 4) is 11.5 Å². The summed E-state index contributed by atoms with van der Waals surface area (Å²) in [5.74, 6) is 3.09. The number of methoxy groups -OCH3 is 2. The zero-order chi connectivity index (χ0) is 21.9. The van der Waals surface area contributed by atoms with Crippen LogP contribution in [-0.2, 0) is 19.4 Å². The highest BCUT2D eigenvalue weighted by molar-refractivity contribution is 5.91. The third-order valence-corrected chi connectivity index (χ3v) is 5.72. The number of ether oxygens (including phenoxy) is 2. The van der Waals surface area contributed by atoms with Crippen molar-refractivity contribution in [2.45, 2.75) is 19.4 Å². The van der Waals surface area contributed by atoms with Gasteiger partial charge in [0.15, 0.2) is 5.65 Å². The first kappa shape index (κ1) is 20.1. The minimum Gasteiger partial charge on any atom is -0.497 e. The van der Waals surface area contributed by atoms with Gasteiger partial charge in [0.2, 0.25) is 5.95 Å². The second-order valence-electron chi connectivity index (χ2n) is 7.82. The molecule has 0 atom stereocenters. The maximum absolute atomic E-state index is 5.37. The SMILES string of the molecule is COc1cc(CCNc2nc3c4c(n[nH]c4n2)CCN3Cc2ccccc2)cc(OC)c1. The maximum Gasteiger partial charge on any atom is 0.226 e. The minimum absolute atomic E-state index is 0.595. The van der Waals surface area contributed by atoms with Crippen molar-refractivity contribution >= 4 is 22.8 Å². The zero-order valence-electron chi connectivity index (χ0n) is 18.3. The number of nitrogens with zero attached hydrogens (tertiary/aromatic N) is 4. The lowest BCUT2D eigenvalue weighted by atomic mass is 10.1. The van der Waals surface area contributed by atoms with Gasteiger partial charge in [-0.2, -0.15) is 15.1 Å². The monoisotopic (exact) mass is 430 g/mol. The molecule has 4 aromatic rings. The fourth-order valence-electron chi connectivity index (χ4n) is 4.09. The van der Waals surface area contributed by atoms with Gasteiger partial charge in [-0.15, -0.1) is 0 Å². The Morgan fingerprint density at radius 3 is 2.53 bits per heavy atom. The summed E-state index contributed by atoms with van der Waals surface area (Å²) < 4.78 is 10.7. The van der Waals surface area contributed by atoms with Crippen LogP contribution in [0.2, 0.25) is 0 Å². The fourth-order valence-corrected chi connectivity index (χ4v) is 4.09. The normalized spacial score (nSPS) is 12.8. The van der Waals surface area contributed by atoms with Crippen LogP contribution in [0.1, 0.15) is 16.8 Å². The standard InChI is InChI=1S/C24H26N6O2/c1-31-18-12-17(13-19(14-18)32-2)8-10-25-24-26-22-21-20(28-29-22)9-11-30(23(21)27-24)15-16-6-4-3-5-7-16/h3-7,12-14H,8-11,15H2,1-2H3,(H2,25,26,27,28,29). The lowest BCUT2D eigenvalue weighted by molar-refractivity contribution is 0.393. The maximum atomic E-state index is 5.37. The molecule has 5 rings (SSSR count). The van der Waals surface area contributed by atoms with Crippen molar-refractivity contribution in [1.82, 2.24) is 20.2 Å². The smallest absolute Gasteiger partial charge is 0.226 e. The van der Waals surface area contributed by atoms with E-state index in [-0.39, 0.29) is 0 Å². The lowest BCUT2D eigenvalue weighted by Gasteiger charge is -2.28. The summed E-state index contributed by atoms with van der Waals surface area (Å²) in [5, 5.41) is 11.9. The summed E-state index contributed by atoms with van der Waals surface area (Å²) in [4.78, 5) is 11.8. The molecule has 32 heavy (non-hydrogen) atoms. The molecule has 0 amide bonds. The number of aromatic amines is 1. The van der Waals surface area contributed by atoms with E-state index in [0.717, 1.165) is 65.5 Å². The summed E-state index contributed by atoms with van der Waals surface area (Å²) in [5.41, 5.74) is 4.18. The van der Waals surface area contributed by atoms with Gasteiger partial charge >= 0.3 is 0 Å². The van der Waals surface area contributed by atoms with Crippen LogP contribution in [0.15, 0.2) is 48.5 Å². The van der Waals surface area contributed by atoms with Gasteiger partial charge in [0.1, 0.15) is 17.3 Å². The Bertz CT molecular complexity index is 1200.